The van der Waals surface area contributed by atoms with E-state index in [0.29, 0.717) is 5.92 Å². The maximum Gasteiger partial charge on any atom is 0.107 e. The van der Waals surface area contributed by atoms with Crippen LogP contribution in [-0.2, 0) is 5.60 Å². The predicted molar refractivity (Wildman–Crippen MR) is 50.5 cm³/mol. The number of aryl methyl sites for hydroxylation is 2. The molecule has 2 atom stereocenters. The van der Waals surface area contributed by atoms with Crippen LogP contribution in [-0.4, -0.2) is 5.11 Å². The van der Waals surface area contributed by atoms with E-state index in [1.54, 1.807) is 0 Å². The molecule has 1 saturated carbocycles. The van der Waals surface area contributed by atoms with Crippen LogP contribution in [0.2, 0.25) is 0 Å². The Kier molecular flexibility index (Phi) is 1.77. The second-order valence-electron chi connectivity index (χ2n) is 4.06. The molecule has 0 radical (unpaired) electrons. The molecule has 72 valence electrons. The van der Waals surface area contributed by atoms with Gasteiger partial charge in [0.1, 0.15) is 11.5 Å². The summed E-state index contributed by atoms with van der Waals surface area (Å²) in [7, 11) is 0. The summed E-state index contributed by atoms with van der Waals surface area (Å²) in [4.78, 5) is 0. The molecule has 1 aliphatic rings. The highest BCUT2D eigenvalue weighted by Crippen LogP contribution is 2.54. The van der Waals surface area contributed by atoms with Crippen molar-refractivity contribution in [1.82, 2.24) is 0 Å². The minimum atomic E-state index is -0.573. The normalized spacial score (nSPS) is 32.2. The van der Waals surface area contributed by atoms with Crippen LogP contribution in [0, 0.1) is 19.8 Å². The third-order valence-electron chi connectivity index (χ3n) is 3.07. The van der Waals surface area contributed by atoms with Crippen LogP contribution < -0.4 is 0 Å². The third-order valence-corrected chi connectivity index (χ3v) is 3.07. The largest absolute Gasteiger partial charge is 0.466 e. The molecule has 1 aromatic heterocycles. The second kappa shape index (κ2) is 2.61. The molecule has 2 unspecified atom stereocenters. The Balaban J connectivity index is 2.32. The van der Waals surface area contributed by atoms with Gasteiger partial charge in [0.05, 0.1) is 5.60 Å². The molecule has 0 saturated heterocycles. The molecule has 0 aromatic carbocycles. The zero-order chi connectivity index (χ0) is 9.64. The number of hydrogen-bond acceptors (Lipinski definition) is 2. The Morgan fingerprint density at radius 2 is 2.31 bits per heavy atom. The van der Waals surface area contributed by atoms with Gasteiger partial charge in [-0.1, -0.05) is 13.3 Å². The minimum absolute atomic E-state index is 0.434. The van der Waals surface area contributed by atoms with Gasteiger partial charge in [0, 0.05) is 5.56 Å². The van der Waals surface area contributed by atoms with Gasteiger partial charge >= 0.3 is 0 Å². The summed E-state index contributed by atoms with van der Waals surface area (Å²) >= 11 is 0. The Bertz CT molecular complexity index is 327. The Labute approximate surface area is 78.6 Å². The summed E-state index contributed by atoms with van der Waals surface area (Å²) in [5, 5.41) is 10.2. The summed E-state index contributed by atoms with van der Waals surface area (Å²) in [6, 6.07) is 1.96. The minimum Gasteiger partial charge on any atom is -0.466 e. The van der Waals surface area contributed by atoms with Gasteiger partial charge in [0.25, 0.3) is 0 Å². The molecule has 0 spiro atoms. The standard InChI is InChI=1S/C11H16O2/c1-4-9-6-11(9,12)10-5-7(2)13-8(10)3/h5,9,12H,4,6H2,1-3H3. The molecule has 0 bridgehead atoms. The monoisotopic (exact) mass is 180 g/mol. The summed E-state index contributed by atoms with van der Waals surface area (Å²) in [6.07, 6.45) is 1.93. The first-order valence-electron chi connectivity index (χ1n) is 4.88. The maximum atomic E-state index is 10.2. The number of furan rings is 1. The third kappa shape index (κ3) is 1.20. The average molecular weight is 180 g/mol. The van der Waals surface area contributed by atoms with Crippen LogP contribution in [0.15, 0.2) is 10.5 Å². The van der Waals surface area contributed by atoms with E-state index in [-0.39, 0.29) is 0 Å². The topological polar surface area (TPSA) is 33.4 Å². The Morgan fingerprint density at radius 1 is 1.62 bits per heavy atom. The van der Waals surface area contributed by atoms with Gasteiger partial charge in [-0.2, -0.15) is 0 Å². The number of hydrogen-bond donors (Lipinski definition) is 1. The van der Waals surface area contributed by atoms with Gasteiger partial charge in [-0.3, -0.25) is 0 Å². The lowest BCUT2D eigenvalue weighted by atomic mass is 10.1. The fraction of sp³-hybridized carbons (Fsp3) is 0.636. The van der Waals surface area contributed by atoms with Crippen molar-refractivity contribution in [3.63, 3.8) is 0 Å². The van der Waals surface area contributed by atoms with Crippen LogP contribution >= 0.6 is 0 Å². The molecule has 1 heterocycles. The Hall–Kier alpha value is -0.760. The van der Waals surface area contributed by atoms with E-state index >= 15 is 0 Å². The van der Waals surface area contributed by atoms with Crippen molar-refractivity contribution in [2.45, 2.75) is 39.2 Å². The van der Waals surface area contributed by atoms with Gasteiger partial charge in [-0.25, -0.2) is 0 Å². The second-order valence-corrected chi connectivity index (χ2v) is 4.06. The van der Waals surface area contributed by atoms with E-state index < -0.39 is 5.60 Å². The molecular formula is C11H16O2. The molecule has 2 nitrogen and oxygen atoms in total. The van der Waals surface area contributed by atoms with Crippen LogP contribution in [0.1, 0.15) is 36.8 Å². The lowest BCUT2D eigenvalue weighted by molar-refractivity contribution is 0.128. The zero-order valence-corrected chi connectivity index (χ0v) is 8.42. The average Bonchev–Trinajstić information content (AvgIpc) is 2.61. The summed E-state index contributed by atoms with van der Waals surface area (Å²) < 4.78 is 5.41. The molecule has 13 heavy (non-hydrogen) atoms. The first-order chi connectivity index (χ1) is 6.08. The van der Waals surface area contributed by atoms with Crippen molar-refractivity contribution < 1.29 is 9.52 Å². The predicted octanol–water partition coefficient (Wildman–Crippen LogP) is 2.51. The highest BCUT2D eigenvalue weighted by Gasteiger charge is 2.54. The summed E-state index contributed by atoms with van der Waals surface area (Å²) in [6.45, 7) is 5.96. The molecule has 0 amide bonds. The molecular weight excluding hydrogens is 164 g/mol. The molecule has 0 aliphatic heterocycles. The van der Waals surface area contributed by atoms with E-state index in [1.165, 1.54) is 0 Å². The first-order valence-corrected chi connectivity index (χ1v) is 4.88. The van der Waals surface area contributed by atoms with Gasteiger partial charge in [0.15, 0.2) is 0 Å². The molecule has 1 aromatic rings. The van der Waals surface area contributed by atoms with Gasteiger partial charge in [-0.05, 0) is 32.3 Å². The van der Waals surface area contributed by atoms with Gasteiger partial charge < -0.3 is 9.52 Å². The van der Waals surface area contributed by atoms with E-state index in [0.717, 1.165) is 29.9 Å². The van der Waals surface area contributed by atoms with E-state index in [2.05, 4.69) is 6.92 Å². The first kappa shape index (κ1) is 8.82. The molecule has 2 rings (SSSR count). The van der Waals surface area contributed by atoms with E-state index in [4.69, 9.17) is 4.42 Å². The number of rotatable bonds is 2. The highest BCUT2D eigenvalue weighted by molar-refractivity contribution is 5.33. The SMILES string of the molecule is CCC1CC1(O)c1cc(C)oc1C. The van der Waals surface area contributed by atoms with Crippen molar-refractivity contribution >= 4 is 0 Å². The molecule has 2 heteroatoms. The van der Waals surface area contributed by atoms with Crippen molar-refractivity contribution in [1.29, 1.82) is 0 Å². The zero-order valence-electron chi connectivity index (χ0n) is 8.42. The van der Waals surface area contributed by atoms with E-state index in [9.17, 15) is 5.11 Å². The van der Waals surface area contributed by atoms with Crippen molar-refractivity contribution in [3.8, 4) is 0 Å². The fourth-order valence-corrected chi connectivity index (χ4v) is 2.19. The lowest BCUT2D eigenvalue weighted by Crippen LogP contribution is -2.08. The summed E-state index contributed by atoms with van der Waals surface area (Å²) in [5.74, 6) is 2.20. The van der Waals surface area contributed by atoms with Crippen molar-refractivity contribution in [3.05, 3.63) is 23.2 Å². The molecule has 1 fully saturated rings. The summed E-state index contributed by atoms with van der Waals surface area (Å²) in [5.41, 5.74) is 0.424. The van der Waals surface area contributed by atoms with E-state index in [1.807, 2.05) is 19.9 Å². The molecule has 1 aliphatic carbocycles. The van der Waals surface area contributed by atoms with Gasteiger partial charge in [0.2, 0.25) is 0 Å². The maximum absolute atomic E-state index is 10.2. The highest BCUT2D eigenvalue weighted by atomic mass is 16.3. The fourth-order valence-electron chi connectivity index (χ4n) is 2.19. The van der Waals surface area contributed by atoms with Gasteiger partial charge in [-0.15, -0.1) is 0 Å². The number of aliphatic hydroxyl groups is 1. The van der Waals surface area contributed by atoms with Crippen molar-refractivity contribution in [2.24, 2.45) is 5.92 Å². The van der Waals surface area contributed by atoms with Crippen LogP contribution in [0.3, 0.4) is 0 Å². The lowest BCUT2D eigenvalue weighted by Gasteiger charge is -2.07. The Morgan fingerprint density at radius 3 is 2.69 bits per heavy atom. The van der Waals surface area contributed by atoms with Crippen molar-refractivity contribution in [2.75, 3.05) is 0 Å². The smallest absolute Gasteiger partial charge is 0.107 e. The van der Waals surface area contributed by atoms with Crippen LogP contribution in [0.25, 0.3) is 0 Å². The van der Waals surface area contributed by atoms with Crippen LogP contribution in [0.5, 0.6) is 0 Å². The van der Waals surface area contributed by atoms with Crippen LogP contribution in [0.4, 0.5) is 0 Å². The quantitative estimate of drug-likeness (QED) is 0.758. The molecule has 1 N–H and O–H groups in total.